The average Bonchev–Trinajstić information content (AvgIpc) is 2.72. The summed E-state index contributed by atoms with van der Waals surface area (Å²) in [6.07, 6.45) is -4.49. The summed E-state index contributed by atoms with van der Waals surface area (Å²) in [5.41, 5.74) is -0.449. The second-order valence-electron chi connectivity index (χ2n) is 4.31. The van der Waals surface area contributed by atoms with Gasteiger partial charge in [-0.25, -0.2) is 4.98 Å². The number of halogens is 7. The Morgan fingerprint density at radius 2 is 1.73 bits per heavy atom. The van der Waals surface area contributed by atoms with Crippen molar-refractivity contribution in [2.45, 2.75) is 24.9 Å². The first-order valence-corrected chi connectivity index (χ1v) is 5.57. The van der Waals surface area contributed by atoms with Gasteiger partial charge in [0.2, 0.25) is 0 Å². The van der Waals surface area contributed by atoms with Gasteiger partial charge >= 0.3 is 23.9 Å². The molecule has 0 atom stereocenters. The van der Waals surface area contributed by atoms with E-state index < -0.39 is 29.8 Å². The van der Waals surface area contributed by atoms with Gasteiger partial charge in [-0.3, -0.25) is 14.3 Å². The van der Waals surface area contributed by atoms with Crippen molar-refractivity contribution in [1.82, 2.24) is 14.5 Å². The van der Waals surface area contributed by atoms with Crippen LogP contribution in [0.2, 0.25) is 0 Å². The van der Waals surface area contributed by atoms with Crippen molar-refractivity contribution >= 4 is 16.9 Å². The van der Waals surface area contributed by atoms with Crippen LogP contribution in [0.25, 0.3) is 11.0 Å². The number of alkyl halides is 7. The fraction of sp³-hybridized carbons (Fsp3) is 0.364. The van der Waals surface area contributed by atoms with Crippen molar-refractivity contribution in [2.24, 2.45) is 0 Å². The number of pyridine rings is 1. The molecule has 2 rings (SSSR count). The number of fused-ring (bicyclic) bond motifs is 1. The topological polar surface area (TPSA) is 47.8 Å². The van der Waals surface area contributed by atoms with Gasteiger partial charge in [0.1, 0.15) is 11.3 Å². The number of aromatic nitrogens is 3. The van der Waals surface area contributed by atoms with E-state index in [1.54, 1.807) is 0 Å². The average molecular weight is 329 g/mol. The Balaban J connectivity index is 2.61. The molecule has 22 heavy (non-hydrogen) atoms. The highest BCUT2D eigenvalue weighted by molar-refractivity contribution is 5.95. The van der Waals surface area contributed by atoms with Gasteiger partial charge in [0.25, 0.3) is 0 Å². The van der Waals surface area contributed by atoms with Crippen LogP contribution in [0.3, 0.4) is 0 Å². The Labute approximate surface area is 117 Å². The van der Waals surface area contributed by atoms with E-state index in [0.717, 1.165) is 25.4 Å². The van der Waals surface area contributed by atoms with Crippen molar-refractivity contribution in [3.8, 4) is 0 Å². The zero-order valence-electron chi connectivity index (χ0n) is 10.6. The summed E-state index contributed by atoms with van der Waals surface area (Å²) in [6.45, 7) is 1.01. The monoisotopic (exact) mass is 329 g/mol. The molecular weight excluding hydrogens is 323 g/mol. The second-order valence-corrected chi connectivity index (χ2v) is 4.31. The van der Waals surface area contributed by atoms with Crippen LogP contribution in [0.5, 0.6) is 0 Å². The minimum Gasteiger partial charge on any atom is -0.267 e. The molecule has 0 unspecified atom stereocenters. The van der Waals surface area contributed by atoms with Crippen LogP contribution in [0.15, 0.2) is 18.5 Å². The molecule has 4 nitrogen and oxygen atoms in total. The fourth-order valence-electron chi connectivity index (χ4n) is 1.76. The normalized spacial score (nSPS) is 13.6. The maximum Gasteiger partial charge on any atom is 0.460 e. The lowest BCUT2D eigenvalue weighted by molar-refractivity contribution is -0.340. The Morgan fingerprint density at radius 3 is 2.27 bits per heavy atom. The van der Waals surface area contributed by atoms with E-state index in [9.17, 15) is 35.5 Å². The van der Waals surface area contributed by atoms with Crippen molar-refractivity contribution in [2.75, 3.05) is 0 Å². The molecular formula is C11H6F7N3O. The molecule has 0 radical (unpaired) electrons. The molecule has 11 heteroatoms. The van der Waals surface area contributed by atoms with E-state index in [4.69, 9.17) is 0 Å². The molecule has 0 fully saturated rings. The lowest BCUT2D eigenvalue weighted by Gasteiger charge is -2.27. The smallest absolute Gasteiger partial charge is 0.267 e. The lowest BCUT2D eigenvalue weighted by atomic mass is 10.1. The molecule has 0 aliphatic carbocycles. The molecule has 2 heterocycles. The van der Waals surface area contributed by atoms with E-state index >= 15 is 0 Å². The van der Waals surface area contributed by atoms with Gasteiger partial charge in [0.05, 0.1) is 11.7 Å². The summed E-state index contributed by atoms with van der Waals surface area (Å²) in [7, 11) is 0. The predicted molar refractivity (Wildman–Crippen MR) is 58.8 cm³/mol. The number of carbonyl (C=O) groups is 1. The van der Waals surface area contributed by atoms with Crippen molar-refractivity contribution < 1.29 is 35.5 Å². The minimum absolute atomic E-state index is 0.0106. The highest BCUT2D eigenvalue weighted by Gasteiger charge is 2.76. The lowest BCUT2D eigenvalue weighted by Crippen LogP contribution is -2.57. The van der Waals surface area contributed by atoms with Gasteiger partial charge in [-0.2, -0.15) is 30.7 Å². The van der Waals surface area contributed by atoms with E-state index in [2.05, 4.69) is 9.97 Å². The van der Waals surface area contributed by atoms with Crippen LogP contribution < -0.4 is 0 Å². The van der Waals surface area contributed by atoms with Crippen LogP contribution in [-0.2, 0) is 0 Å². The number of rotatable bonds is 2. The standard InChI is InChI=1S/C11H6F7N3O/c1-5-20-6-4-19-3-2-7(6)21(5)8(22)9(12,13)10(14,15)11(16,17)18/h2-4H,1H3. The van der Waals surface area contributed by atoms with Crippen LogP contribution >= 0.6 is 0 Å². The molecule has 120 valence electrons. The number of hydrogen-bond acceptors (Lipinski definition) is 3. The van der Waals surface area contributed by atoms with Gasteiger partial charge in [0.15, 0.2) is 0 Å². The number of aryl methyl sites for hydroxylation is 1. The molecule has 0 amide bonds. The highest BCUT2D eigenvalue weighted by atomic mass is 19.4. The minimum atomic E-state index is -6.59. The maximum absolute atomic E-state index is 13.5. The Hall–Kier alpha value is -2.20. The van der Waals surface area contributed by atoms with Gasteiger partial charge < -0.3 is 0 Å². The third kappa shape index (κ3) is 2.11. The van der Waals surface area contributed by atoms with Crippen molar-refractivity contribution in [3.63, 3.8) is 0 Å². The molecule has 2 aromatic rings. The van der Waals surface area contributed by atoms with Crippen LogP contribution in [0.1, 0.15) is 10.6 Å². The maximum atomic E-state index is 13.5. The van der Waals surface area contributed by atoms with Crippen molar-refractivity contribution in [3.05, 3.63) is 24.3 Å². The zero-order chi connectivity index (χ0) is 16.9. The SMILES string of the molecule is Cc1nc2cnccc2n1C(=O)C(F)(F)C(F)(F)C(F)(F)F. The zero-order valence-corrected chi connectivity index (χ0v) is 10.6. The largest absolute Gasteiger partial charge is 0.460 e. The van der Waals surface area contributed by atoms with Gasteiger partial charge in [-0.1, -0.05) is 0 Å². The van der Waals surface area contributed by atoms with Gasteiger partial charge in [0, 0.05) is 6.20 Å². The van der Waals surface area contributed by atoms with Gasteiger partial charge in [-0.05, 0) is 13.0 Å². The van der Waals surface area contributed by atoms with E-state index in [1.807, 2.05) is 0 Å². The highest BCUT2D eigenvalue weighted by Crippen LogP contribution is 2.47. The summed E-state index contributed by atoms with van der Waals surface area (Å²) >= 11 is 0. The number of imidazole rings is 1. The molecule has 2 aromatic heterocycles. The summed E-state index contributed by atoms with van der Waals surface area (Å²) in [5.74, 6) is -15.7. The van der Waals surface area contributed by atoms with Gasteiger partial charge in [-0.15, -0.1) is 0 Å². The molecule has 0 aromatic carbocycles. The quantitative estimate of drug-likeness (QED) is 0.795. The van der Waals surface area contributed by atoms with E-state index in [1.165, 1.54) is 0 Å². The Kier molecular flexibility index (Phi) is 3.42. The summed E-state index contributed by atoms with van der Waals surface area (Å²) < 4.78 is 89.2. The van der Waals surface area contributed by atoms with E-state index in [0.29, 0.717) is 0 Å². The summed E-state index contributed by atoms with van der Waals surface area (Å²) in [5, 5.41) is 0. The number of nitrogens with zero attached hydrogens (tertiary/aromatic N) is 3. The predicted octanol–water partition coefficient (Wildman–Crippen LogP) is 3.21. The van der Waals surface area contributed by atoms with Crippen molar-refractivity contribution in [1.29, 1.82) is 0 Å². The fourth-order valence-corrected chi connectivity index (χ4v) is 1.76. The first-order valence-electron chi connectivity index (χ1n) is 5.57. The van der Waals surface area contributed by atoms with Crippen LogP contribution in [0.4, 0.5) is 30.7 Å². The van der Waals surface area contributed by atoms with E-state index in [-0.39, 0.29) is 15.6 Å². The Morgan fingerprint density at radius 1 is 1.14 bits per heavy atom. The molecule has 0 aliphatic rings. The van der Waals surface area contributed by atoms with Crippen LogP contribution in [-0.4, -0.2) is 38.5 Å². The van der Waals surface area contributed by atoms with Crippen LogP contribution in [0, 0.1) is 6.92 Å². The first kappa shape index (κ1) is 16.2. The second kappa shape index (κ2) is 4.65. The molecule has 0 saturated heterocycles. The molecule has 0 aliphatic heterocycles. The first-order chi connectivity index (χ1) is 9.91. The third-order valence-electron chi connectivity index (χ3n) is 2.85. The third-order valence-corrected chi connectivity index (χ3v) is 2.85. The molecule has 0 saturated carbocycles. The molecule has 0 spiro atoms. The summed E-state index contributed by atoms with van der Waals surface area (Å²) in [4.78, 5) is 18.8. The Bertz CT molecular complexity index is 735. The molecule has 0 N–H and O–H groups in total. The molecule has 0 bridgehead atoms. The summed E-state index contributed by atoms with van der Waals surface area (Å²) in [6, 6.07) is 0.995. The number of carbonyl (C=O) groups excluding carboxylic acids is 1. The number of hydrogen-bond donors (Lipinski definition) is 0.